The van der Waals surface area contributed by atoms with E-state index in [0.29, 0.717) is 25.3 Å². The third kappa shape index (κ3) is 6.42. The molecule has 0 aliphatic rings. The Balaban J connectivity index is 3.44. The maximum Gasteiger partial charge on any atom is 0.460 e. The van der Waals surface area contributed by atoms with E-state index in [4.69, 9.17) is 0 Å². The minimum atomic E-state index is -8.68. The molecule has 0 atom stereocenters. The number of rotatable bonds is 13. The zero-order chi connectivity index (χ0) is 33.2. The summed E-state index contributed by atoms with van der Waals surface area (Å²) in [4.78, 5) is 11.7. The van der Waals surface area contributed by atoms with E-state index in [2.05, 4.69) is 9.47 Å². The molecule has 0 aliphatic heterocycles. The number of ether oxygens (including phenoxy) is 2. The minimum absolute atomic E-state index is 0.195. The van der Waals surface area contributed by atoms with Crippen molar-refractivity contribution in [3.63, 3.8) is 0 Å². The van der Waals surface area contributed by atoms with Crippen LogP contribution in [0.2, 0.25) is 0 Å². The Hall–Kier alpha value is -3.16. The van der Waals surface area contributed by atoms with Crippen LogP contribution in [0.4, 0.5) is 85.1 Å². The van der Waals surface area contributed by atoms with E-state index in [-0.39, 0.29) is 6.61 Å². The minimum Gasteiger partial charge on any atom is -0.449 e. The highest BCUT2D eigenvalue weighted by Gasteiger charge is 2.93. The van der Waals surface area contributed by atoms with E-state index < -0.39 is 71.1 Å². The molecule has 0 spiro atoms. The van der Waals surface area contributed by atoms with E-state index in [0.717, 1.165) is 18.2 Å². The largest absolute Gasteiger partial charge is 0.460 e. The van der Waals surface area contributed by atoms with Gasteiger partial charge >= 0.3 is 53.8 Å². The van der Waals surface area contributed by atoms with Crippen molar-refractivity contribution in [1.29, 1.82) is 0 Å². The Morgan fingerprint density at radius 3 is 1.69 bits per heavy atom. The molecule has 0 fully saturated rings. The first-order chi connectivity index (χ1) is 18.8. The predicted molar refractivity (Wildman–Crippen MR) is 107 cm³/mol. The van der Waals surface area contributed by atoms with E-state index >= 15 is 0 Å². The molecule has 0 radical (unpaired) electrons. The molecular formula is C21H16F17NO3. The third-order valence-corrected chi connectivity index (χ3v) is 5.08. The molecule has 1 rings (SSSR count). The lowest BCUT2D eigenvalue weighted by molar-refractivity contribution is -0.451. The molecule has 0 unspecified atom stereocenters. The number of allylic oxidation sites excluding steroid dienone is 1. The molecule has 0 bridgehead atoms. The maximum absolute atomic E-state index is 14.1. The number of hydrogen-bond acceptors (Lipinski definition) is 3. The molecule has 21 heteroatoms. The van der Waals surface area contributed by atoms with E-state index in [1.54, 1.807) is 12.2 Å². The normalized spacial score (nSPS) is 14.8. The number of alkyl halides is 15. The van der Waals surface area contributed by atoms with Gasteiger partial charge in [0.25, 0.3) is 0 Å². The molecule has 0 saturated heterocycles. The average Bonchev–Trinajstić information content (AvgIpc) is 2.85. The van der Waals surface area contributed by atoms with Gasteiger partial charge in [-0.15, -0.1) is 0 Å². The number of hydrogen-bond donors (Lipinski definition) is 1. The summed E-state index contributed by atoms with van der Waals surface area (Å²) in [7, 11) is 0. The van der Waals surface area contributed by atoms with Gasteiger partial charge < -0.3 is 9.47 Å². The number of anilines is 1. The Bertz CT molecular complexity index is 1130. The van der Waals surface area contributed by atoms with Crippen molar-refractivity contribution in [2.24, 2.45) is 0 Å². The van der Waals surface area contributed by atoms with Crippen LogP contribution in [-0.2, 0) is 4.74 Å². The molecule has 242 valence electrons. The zero-order valence-corrected chi connectivity index (χ0v) is 20.3. The second-order valence-electron chi connectivity index (χ2n) is 8.10. The number of nitrogens with one attached hydrogen (secondary N) is 1. The van der Waals surface area contributed by atoms with Crippen LogP contribution in [-0.4, -0.2) is 54.4 Å². The summed E-state index contributed by atoms with van der Waals surface area (Å²) in [6.45, 7) is 1.59. The topological polar surface area (TPSA) is 47.6 Å². The lowest BCUT2D eigenvalue weighted by Crippen LogP contribution is -2.72. The first-order valence-corrected chi connectivity index (χ1v) is 10.9. The number of carbonyl (C=O) groups excluding carboxylic acids is 1. The van der Waals surface area contributed by atoms with Gasteiger partial charge in [0.2, 0.25) is 5.83 Å². The van der Waals surface area contributed by atoms with Gasteiger partial charge in [0.05, 0.1) is 12.3 Å². The van der Waals surface area contributed by atoms with Crippen molar-refractivity contribution in [3.8, 4) is 5.75 Å². The van der Waals surface area contributed by atoms with Crippen molar-refractivity contribution in [3.05, 3.63) is 36.1 Å². The molecule has 4 nitrogen and oxygen atoms in total. The summed E-state index contributed by atoms with van der Waals surface area (Å²) in [5, 5.41) is 1.79. The fourth-order valence-corrected chi connectivity index (χ4v) is 2.69. The van der Waals surface area contributed by atoms with Crippen LogP contribution in [0.1, 0.15) is 26.2 Å². The van der Waals surface area contributed by atoms with Crippen LogP contribution in [0.25, 0.3) is 0 Å². The van der Waals surface area contributed by atoms with Crippen LogP contribution in [0.3, 0.4) is 0 Å². The highest BCUT2D eigenvalue weighted by Crippen LogP contribution is 2.63. The molecule has 1 aromatic rings. The van der Waals surface area contributed by atoms with Crippen LogP contribution in [0.5, 0.6) is 5.75 Å². The molecule has 0 saturated carbocycles. The second-order valence-corrected chi connectivity index (χ2v) is 8.10. The number of benzene rings is 1. The Labute approximate surface area is 223 Å². The van der Waals surface area contributed by atoms with Gasteiger partial charge in [-0.2, -0.15) is 74.6 Å². The predicted octanol–water partition coefficient (Wildman–Crippen LogP) is 9.29. The van der Waals surface area contributed by atoms with Crippen LogP contribution < -0.4 is 10.1 Å². The summed E-state index contributed by atoms with van der Waals surface area (Å²) < 4.78 is 235. The summed E-state index contributed by atoms with van der Waals surface area (Å²) in [5.41, 5.74) is -0.790. The van der Waals surface area contributed by atoms with Crippen molar-refractivity contribution in [2.45, 2.75) is 67.9 Å². The van der Waals surface area contributed by atoms with Crippen molar-refractivity contribution >= 4 is 11.8 Å². The second kappa shape index (κ2) is 12.2. The lowest BCUT2D eigenvalue weighted by Gasteiger charge is -2.41. The van der Waals surface area contributed by atoms with Crippen molar-refractivity contribution < 1.29 is 88.9 Å². The number of halogens is 17. The van der Waals surface area contributed by atoms with E-state index in [1.807, 2.05) is 0 Å². The van der Waals surface area contributed by atoms with Gasteiger partial charge in [-0.25, -0.2) is 4.79 Å². The van der Waals surface area contributed by atoms with Crippen LogP contribution >= 0.6 is 0 Å². The summed E-state index contributed by atoms with van der Waals surface area (Å²) in [6.07, 6.45) is -7.52. The van der Waals surface area contributed by atoms with E-state index in [1.165, 1.54) is 0 Å². The Kier molecular flexibility index (Phi) is 10.7. The van der Waals surface area contributed by atoms with Crippen molar-refractivity contribution in [1.82, 2.24) is 0 Å². The van der Waals surface area contributed by atoms with Crippen molar-refractivity contribution in [2.75, 3.05) is 11.9 Å². The summed E-state index contributed by atoms with van der Waals surface area (Å²) in [5.74, 6) is -55.9. The first kappa shape index (κ1) is 36.9. The fourth-order valence-electron chi connectivity index (χ4n) is 2.69. The zero-order valence-electron chi connectivity index (χ0n) is 20.3. The van der Waals surface area contributed by atoms with Gasteiger partial charge in [0.1, 0.15) is 0 Å². The summed E-state index contributed by atoms with van der Waals surface area (Å²) >= 11 is 0. The highest BCUT2D eigenvalue weighted by atomic mass is 19.4. The van der Waals surface area contributed by atoms with Gasteiger partial charge in [0.15, 0.2) is 5.75 Å². The maximum atomic E-state index is 14.1. The standard InChI is InChI=1S/C21H16F17NO3/c1-2-3-6-9-41-14(40)39-10-7-4-5-8-11(10)42-13(23)12(22)15(24,25)16(26,27)17(28,29)18(30,31)19(32,33)20(34,35)21(36,37)38/h4-5,7-8H,2-3,6,9H2,1H3,(H,39,40). The lowest BCUT2D eigenvalue weighted by atomic mass is 9.91. The van der Waals surface area contributed by atoms with Gasteiger partial charge in [-0.3, -0.25) is 5.32 Å². The van der Waals surface area contributed by atoms with Gasteiger partial charge in [-0.1, -0.05) is 31.9 Å². The SMILES string of the molecule is CCCCCOC(=O)Nc1ccccc1OC(F)=C(F)C(F)(F)C(F)(F)C(F)(F)C(F)(F)C(F)(F)C(F)(F)C(F)(F)F. The number of carbonyl (C=O) groups is 1. The molecule has 0 aliphatic carbocycles. The van der Waals surface area contributed by atoms with E-state index in [9.17, 15) is 79.4 Å². The first-order valence-electron chi connectivity index (χ1n) is 10.9. The monoisotopic (exact) mass is 653 g/mol. The number of para-hydroxylation sites is 2. The van der Waals surface area contributed by atoms with Gasteiger partial charge in [-0.05, 0) is 18.6 Å². The smallest absolute Gasteiger partial charge is 0.449 e. The van der Waals surface area contributed by atoms with Crippen LogP contribution in [0, 0.1) is 0 Å². The quantitative estimate of drug-likeness (QED) is 0.131. The Morgan fingerprint density at radius 2 is 1.19 bits per heavy atom. The molecule has 42 heavy (non-hydrogen) atoms. The molecule has 1 amide bonds. The van der Waals surface area contributed by atoms with Crippen LogP contribution in [0.15, 0.2) is 36.1 Å². The summed E-state index contributed by atoms with van der Waals surface area (Å²) in [6, 6.07) is -0.532. The number of amides is 1. The molecule has 1 N–H and O–H groups in total. The molecular weight excluding hydrogens is 637 g/mol. The average molecular weight is 653 g/mol. The third-order valence-electron chi connectivity index (χ3n) is 5.08. The number of unbranched alkanes of at least 4 members (excludes halogenated alkanes) is 2. The van der Waals surface area contributed by atoms with Gasteiger partial charge in [0, 0.05) is 0 Å². The fraction of sp³-hybridized carbons (Fsp3) is 0.571. The highest BCUT2D eigenvalue weighted by molar-refractivity contribution is 5.86. The molecule has 0 aromatic heterocycles. The Morgan fingerprint density at radius 1 is 0.714 bits per heavy atom. The molecule has 1 aromatic carbocycles. The molecule has 0 heterocycles.